The minimum absolute atomic E-state index is 0.0248. The predicted molar refractivity (Wildman–Crippen MR) is 208 cm³/mol. The number of benzene rings is 3. The lowest BCUT2D eigenvalue weighted by atomic mass is 9.60. The number of carboxylic acids is 2. The van der Waals surface area contributed by atoms with Crippen LogP contribution in [-0.2, 0) is 40.7 Å². The second kappa shape index (κ2) is 13.4. The lowest BCUT2D eigenvalue weighted by Crippen LogP contribution is -2.55. The molecule has 2 fully saturated rings. The molecule has 6 aliphatic rings. The van der Waals surface area contributed by atoms with Gasteiger partial charge in [-0.3, -0.25) is 9.59 Å². The maximum atomic E-state index is 14.9. The molecule has 2 bridgehead atoms. The van der Waals surface area contributed by atoms with E-state index >= 15 is 0 Å². The van der Waals surface area contributed by atoms with E-state index < -0.39 is 47.4 Å². The van der Waals surface area contributed by atoms with E-state index in [0.717, 1.165) is 58.7 Å². The molecule has 13 nitrogen and oxygen atoms in total. The van der Waals surface area contributed by atoms with Crippen LogP contribution in [0.1, 0.15) is 119 Å². The molecule has 1 spiro atoms. The average Bonchev–Trinajstić information content (AvgIpc) is 3.63. The number of hydrogen-bond donors (Lipinski definition) is 5. The molecule has 8 atom stereocenters. The van der Waals surface area contributed by atoms with Crippen molar-refractivity contribution in [1.82, 2.24) is 0 Å². The van der Waals surface area contributed by atoms with Gasteiger partial charge < -0.3 is 44.5 Å². The molecule has 58 heavy (non-hydrogen) atoms. The summed E-state index contributed by atoms with van der Waals surface area (Å²) in [5.41, 5.74) is 1.95. The Bertz CT molecular complexity index is 2320. The monoisotopic (exact) mass is 798 g/mol. The van der Waals surface area contributed by atoms with Crippen LogP contribution >= 0.6 is 0 Å². The zero-order valence-electron chi connectivity index (χ0n) is 33.7. The van der Waals surface area contributed by atoms with Gasteiger partial charge in [-0.1, -0.05) is 64.4 Å². The molecule has 4 heterocycles. The van der Waals surface area contributed by atoms with Crippen LogP contribution in [0.5, 0.6) is 11.5 Å². The fraction of sp³-hybridized carbons (Fsp3) is 0.511. The molecule has 0 amide bonds. The number of carbonyl (C=O) groups is 4. The van der Waals surface area contributed by atoms with Gasteiger partial charge in [0.25, 0.3) is 6.29 Å². The van der Waals surface area contributed by atoms with Gasteiger partial charge in [-0.25, -0.2) is 9.59 Å². The number of ether oxygens (including phenoxy) is 4. The zero-order chi connectivity index (χ0) is 42.0. The number of carbonyl (C=O) groups excluding carboxylic acids is 2. The van der Waals surface area contributed by atoms with Crippen LogP contribution in [0.2, 0.25) is 0 Å². The summed E-state index contributed by atoms with van der Waals surface area (Å²) >= 11 is 0. The normalized spacial score (nSPS) is 30.5. The van der Waals surface area contributed by atoms with Crippen LogP contribution in [0.4, 0.5) is 0 Å². The Balaban J connectivity index is 0.000000418. The first-order chi connectivity index (χ1) is 27.1. The van der Waals surface area contributed by atoms with E-state index in [1.807, 2.05) is 44.2 Å². The highest BCUT2D eigenvalue weighted by Gasteiger charge is 2.65. The van der Waals surface area contributed by atoms with Gasteiger partial charge in [0.2, 0.25) is 11.4 Å². The van der Waals surface area contributed by atoms with Crippen molar-refractivity contribution in [2.75, 3.05) is 0 Å². The van der Waals surface area contributed by atoms with Crippen molar-refractivity contribution in [1.29, 1.82) is 0 Å². The Hall–Kier alpha value is -4.82. The first-order valence-electron chi connectivity index (χ1n) is 19.9. The van der Waals surface area contributed by atoms with Gasteiger partial charge >= 0.3 is 11.9 Å². The van der Waals surface area contributed by atoms with E-state index in [9.17, 15) is 24.3 Å². The molecule has 1 saturated heterocycles. The van der Waals surface area contributed by atoms with Crippen LogP contribution in [0, 0.1) is 18.3 Å². The molecule has 5 N–H and O–H groups in total. The van der Waals surface area contributed by atoms with Crippen LogP contribution in [0.3, 0.4) is 0 Å². The van der Waals surface area contributed by atoms with Crippen molar-refractivity contribution in [2.45, 2.75) is 134 Å². The number of aliphatic carboxylic acids is 2. The SMILES string of the molecule is CC(=O)C[C@]1(O)C(=O)C2=C(O[C@@H]3Oc4c(C(C)C)cc5c(c4O[C@]23C)C[C@@]23CCCC(C)(C)[C@@H]2C[C@H]5O3)c2ccc3c(C)cccc3c21.O=C(O)C(O)C(O)C(=O)O. The Kier molecular flexibility index (Phi) is 9.20. The molecule has 9 rings (SSSR count). The topological polar surface area (TPSA) is 206 Å². The van der Waals surface area contributed by atoms with Gasteiger partial charge in [0.1, 0.15) is 11.5 Å². The summed E-state index contributed by atoms with van der Waals surface area (Å²) in [6.45, 7) is 14.3. The number of fused-ring (bicyclic) bond motifs is 11. The highest BCUT2D eigenvalue weighted by molar-refractivity contribution is 6.16. The molecule has 3 aromatic rings. The minimum atomic E-state index is -2.27. The molecule has 0 radical (unpaired) electrons. The molecule has 2 unspecified atom stereocenters. The van der Waals surface area contributed by atoms with Crippen molar-refractivity contribution in [3.63, 3.8) is 0 Å². The number of aliphatic hydroxyl groups excluding tert-OH is 2. The lowest BCUT2D eigenvalue weighted by Gasteiger charge is -2.49. The van der Waals surface area contributed by atoms with E-state index in [-0.39, 0.29) is 40.8 Å². The third kappa shape index (κ3) is 5.71. The van der Waals surface area contributed by atoms with Crippen molar-refractivity contribution >= 4 is 40.0 Å². The van der Waals surface area contributed by atoms with Crippen molar-refractivity contribution in [2.24, 2.45) is 11.3 Å². The molecule has 4 aliphatic heterocycles. The maximum absolute atomic E-state index is 14.9. The molecule has 3 aromatic carbocycles. The second-order valence-electron chi connectivity index (χ2n) is 18.1. The van der Waals surface area contributed by atoms with Gasteiger partial charge in [0, 0.05) is 35.1 Å². The largest absolute Gasteiger partial charge is 0.479 e. The molecular weight excluding hydrogens is 748 g/mol. The lowest BCUT2D eigenvalue weighted by molar-refractivity contribution is -0.165. The van der Waals surface area contributed by atoms with Gasteiger partial charge in [-0.05, 0) is 85.3 Å². The summed E-state index contributed by atoms with van der Waals surface area (Å²) in [6, 6.07) is 11.9. The number of carboxylic acid groups (broad SMARTS) is 2. The first kappa shape index (κ1) is 40.0. The molecule has 1 saturated carbocycles. The van der Waals surface area contributed by atoms with E-state index in [1.165, 1.54) is 13.3 Å². The van der Waals surface area contributed by atoms with Gasteiger partial charge in [0.05, 0.1) is 17.3 Å². The smallest absolute Gasteiger partial charge is 0.335 e. The number of hydrogen-bond acceptors (Lipinski definition) is 11. The van der Waals surface area contributed by atoms with Crippen molar-refractivity contribution in [3.05, 3.63) is 75.4 Å². The molecule has 2 aliphatic carbocycles. The van der Waals surface area contributed by atoms with E-state index in [4.69, 9.17) is 39.4 Å². The minimum Gasteiger partial charge on any atom is -0.479 e. The second-order valence-corrected chi connectivity index (χ2v) is 18.1. The number of aryl methyl sites for hydroxylation is 1. The van der Waals surface area contributed by atoms with Gasteiger partial charge in [0.15, 0.2) is 29.3 Å². The Labute approximate surface area is 335 Å². The maximum Gasteiger partial charge on any atom is 0.335 e. The summed E-state index contributed by atoms with van der Waals surface area (Å²) in [6.07, 6.45) is -0.849. The van der Waals surface area contributed by atoms with Gasteiger partial charge in [-0.2, -0.15) is 0 Å². The van der Waals surface area contributed by atoms with Crippen LogP contribution in [0.25, 0.3) is 16.5 Å². The fourth-order valence-electron chi connectivity index (χ4n) is 10.7. The summed E-state index contributed by atoms with van der Waals surface area (Å²) in [4.78, 5) is 47.2. The number of rotatable bonds is 6. The van der Waals surface area contributed by atoms with Crippen LogP contribution in [-0.4, -0.2) is 78.7 Å². The highest BCUT2D eigenvalue weighted by atomic mass is 16.7. The van der Waals surface area contributed by atoms with Crippen molar-refractivity contribution in [3.8, 4) is 11.5 Å². The molecular formula is C45H50O13. The number of ketones is 2. The van der Waals surface area contributed by atoms with E-state index in [0.29, 0.717) is 34.3 Å². The fourth-order valence-corrected chi connectivity index (χ4v) is 10.7. The quantitative estimate of drug-likeness (QED) is 0.201. The first-order valence-corrected chi connectivity index (χ1v) is 19.9. The third-order valence-corrected chi connectivity index (χ3v) is 13.5. The van der Waals surface area contributed by atoms with Crippen LogP contribution in [0.15, 0.2) is 42.0 Å². The Morgan fingerprint density at radius 3 is 2.26 bits per heavy atom. The Morgan fingerprint density at radius 1 is 0.931 bits per heavy atom. The molecule has 13 heteroatoms. The number of aliphatic hydroxyl groups is 3. The summed E-state index contributed by atoms with van der Waals surface area (Å²) in [5, 5.41) is 46.6. The van der Waals surface area contributed by atoms with E-state index in [2.05, 4.69) is 33.8 Å². The van der Waals surface area contributed by atoms with Gasteiger partial charge in [-0.15, -0.1) is 0 Å². The Morgan fingerprint density at radius 2 is 1.62 bits per heavy atom. The summed E-state index contributed by atoms with van der Waals surface area (Å²) in [7, 11) is 0. The molecule has 0 aromatic heterocycles. The third-order valence-electron chi connectivity index (χ3n) is 13.5. The van der Waals surface area contributed by atoms with Crippen LogP contribution < -0.4 is 9.47 Å². The zero-order valence-corrected chi connectivity index (χ0v) is 33.7. The highest BCUT2D eigenvalue weighted by Crippen LogP contribution is 2.65. The summed E-state index contributed by atoms with van der Waals surface area (Å²) in [5.74, 6) is -2.16. The molecule has 308 valence electrons. The van der Waals surface area contributed by atoms with Crippen molar-refractivity contribution < 1.29 is 63.7 Å². The predicted octanol–water partition coefficient (Wildman–Crippen LogP) is 5.78. The van der Waals surface area contributed by atoms with E-state index in [1.54, 1.807) is 0 Å². The average molecular weight is 799 g/mol. The summed E-state index contributed by atoms with van der Waals surface area (Å²) < 4.78 is 27.7. The standard InChI is InChI=1S/C41H44O7.C4H6O6/c1-20(2)26-16-27-28(19-40-15-9-14-38(5,6)30(40)17-29(27)47-40)35-34(26)46-37-39(7,48-35)32-33(45-37)25-13-12-23-21(3)10-8-11-24(23)31(25)41(44,36(32)43)18-22(4)42;5-1(3(7)8)2(6)4(9)10/h8,10-13,16,20,29-30,37,44H,9,14-15,17-19H2,1-7H3;1-2,5-6H,(H,7,8)(H,9,10)/t29-,30+,37-,39-,40+,41-;/m1./s1. The number of Topliss-reactive ketones (excluding diaryl/α,β-unsaturated/α-hetero) is 2.